The summed E-state index contributed by atoms with van der Waals surface area (Å²) in [6.45, 7) is 0.771. The number of nitriles is 1. The van der Waals surface area contributed by atoms with Gasteiger partial charge in [-0.1, -0.05) is 6.42 Å². The molecule has 0 aromatic rings. The van der Waals surface area contributed by atoms with Crippen molar-refractivity contribution in [2.75, 3.05) is 26.4 Å². The highest BCUT2D eigenvalue weighted by atomic mass is 32.2. The lowest BCUT2D eigenvalue weighted by molar-refractivity contribution is 0.332. The zero-order valence-corrected chi connectivity index (χ0v) is 10.9. The van der Waals surface area contributed by atoms with Crippen molar-refractivity contribution in [2.45, 2.75) is 31.7 Å². The van der Waals surface area contributed by atoms with E-state index in [1.165, 1.54) is 0 Å². The fraction of sp³-hybridized carbons (Fsp3) is 0.909. The summed E-state index contributed by atoms with van der Waals surface area (Å²) in [5, 5.41) is 12.3. The second-order valence-electron chi connectivity index (χ2n) is 4.48. The summed E-state index contributed by atoms with van der Waals surface area (Å²) in [5.74, 6) is 0.867. The Kier molecular flexibility index (Phi) is 6.14. The van der Waals surface area contributed by atoms with E-state index >= 15 is 0 Å². The van der Waals surface area contributed by atoms with Crippen molar-refractivity contribution >= 4 is 11.4 Å². The maximum Gasteiger partial charge on any atom is 0.138 e. The van der Waals surface area contributed by atoms with E-state index in [-0.39, 0.29) is 5.92 Å². The van der Waals surface area contributed by atoms with Gasteiger partial charge in [0.15, 0.2) is 0 Å². The third-order valence-electron chi connectivity index (χ3n) is 2.97. The predicted molar refractivity (Wildman–Crippen MR) is 66.1 cm³/mol. The first-order valence-corrected chi connectivity index (χ1v) is 7.10. The number of rotatable bonds is 5. The molecule has 1 saturated carbocycles. The molecular weight excluding hydrogens is 222 g/mol. The molecule has 3 atom stereocenters. The Labute approximate surface area is 101 Å². The van der Waals surface area contributed by atoms with Crippen LogP contribution in [0.1, 0.15) is 25.7 Å². The molecule has 16 heavy (non-hydrogen) atoms. The van der Waals surface area contributed by atoms with Gasteiger partial charge in [-0.15, -0.1) is 4.31 Å². The van der Waals surface area contributed by atoms with Crippen LogP contribution in [0, 0.1) is 17.2 Å². The number of hydrogen-bond acceptors (Lipinski definition) is 4. The minimum Gasteiger partial charge on any atom is -0.598 e. The molecule has 0 aromatic heterocycles. The quantitative estimate of drug-likeness (QED) is 0.728. The molecule has 0 aromatic carbocycles. The van der Waals surface area contributed by atoms with Crippen LogP contribution in [-0.2, 0) is 11.4 Å². The molecule has 0 amide bonds. The van der Waals surface area contributed by atoms with Gasteiger partial charge < -0.3 is 9.87 Å². The first kappa shape index (κ1) is 13.8. The standard InChI is InChI=1S/C11H21N3OS/c1-14(2)16(15)7-6-13-11-5-3-4-10(8-11)9-12/h10-11,13H,3-8H2,1-2H3/t10-,11?,16?/m1/s1. The van der Waals surface area contributed by atoms with Crippen molar-refractivity contribution in [3.63, 3.8) is 0 Å². The average Bonchev–Trinajstić information content (AvgIpc) is 2.29. The summed E-state index contributed by atoms with van der Waals surface area (Å²) in [5.41, 5.74) is 0. The molecular formula is C11H21N3OS. The molecule has 1 N–H and O–H groups in total. The van der Waals surface area contributed by atoms with E-state index in [0.717, 1.165) is 32.2 Å². The molecule has 0 heterocycles. The second kappa shape index (κ2) is 7.13. The first-order chi connectivity index (χ1) is 7.63. The van der Waals surface area contributed by atoms with Crippen LogP contribution in [0.2, 0.25) is 0 Å². The Hall–Kier alpha value is -0.280. The Morgan fingerprint density at radius 3 is 2.88 bits per heavy atom. The van der Waals surface area contributed by atoms with Crippen LogP contribution in [0.3, 0.4) is 0 Å². The minimum absolute atomic E-state index is 0.214. The van der Waals surface area contributed by atoms with E-state index in [2.05, 4.69) is 11.4 Å². The van der Waals surface area contributed by atoms with Crippen LogP contribution in [0.4, 0.5) is 0 Å². The van der Waals surface area contributed by atoms with Crippen molar-refractivity contribution in [1.29, 1.82) is 5.26 Å². The summed E-state index contributed by atoms with van der Waals surface area (Å²) < 4.78 is 13.2. The van der Waals surface area contributed by atoms with Gasteiger partial charge in [-0.25, -0.2) is 0 Å². The zero-order chi connectivity index (χ0) is 12.0. The van der Waals surface area contributed by atoms with Crippen LogP contribution in [0.5, 0.6) is 0 Å². The third-order valence-corrected chi connectivity index (χ3v) is 4.34. The van der Waals surface area contributed by atoms with E-state index in [1.54, 1.807) is 4.31 Å². The maximum absolute atomic E-state index is 11.4. The molecule has 0 saturated heterocycles. The number of nitrogens with zero attached hydrogens (tertiary/aromatic N) is 2. The van der Waals surface area contributed by atoms with Crippen LogP contribution >= 0.6 is 0 Å². The van der Waals surface area contributed by atoms with Crippen LogP contribution < -0.4 is 5.32 Å². The molecule has 4 nitrogen and oxygen atoms in total. The summed E-state index contributed by atoms with van der Waals surface area (Å²) in [7, 11) is 3.64. The Balaban J connectivity index is 2.15. The summed E-state index contributed by atoms with van der Waals surface area (Å²) in [6, 6.07) is 2.79. The zero-order valence-electron chi connectivity index (χ0n) is 10.1. The molecule has 0 spiro atoms. The lowest BCUT2D eigenvalue weighted by Crippen LogP contribution is -2.38. The molecule has 1 aliphatic carbocycles. The van der Waals surface area contributed by atoms with Crippen molar-refractivity contribution in [3.8, 4) is 6.07 Å². The number of nitrogens with one attached hydrogen (secondary N) is 1. The van der Waals surface area contributed by atoms with Gasteiger partial charge in [0.05, 0.1) is 6.07 Å². The molecule has 0 radical (unpaired) electrons. The highest BCUT2D eigenvalue weighted by Crippen LogP contribution is 2.23. The van der Waals surface area contributed by atoms with Gasteiger partial charge in [-0.2, -0.15) is 5.26 Å². The normalized spacial score (nSPS) is 27.7. The summed E-state index contributed by atoms with van der Waals surface area (Å²) in [4.78, 5) is 0. The van der Waals surface area contributed by atoms with E-state index in [9.17, 15) is 4.55 Å². The fourth-order valence-electron chi connectivity index (χ4n) is 2.03. The average molecular weight is 243 g/mol. The molecule has 1 rings (SSSR count). The van der Waals surface area contributed by atoms with Gasteiger partial charge in [0.1, 0.15) is 5.75 Å². The van der Waals surface area contributed by atoms with Crippen molar-refractivity contribution in [3.05, 3.63) is 0 Å². The van der Waals surface area contributed by atoms with Crippen molar-refractivity contribution in [1.82, 2.24) is 9.62 Å². The minimum atomic E-state index is -0.881. The maximum atomic E-state index is 11.4. The third kappa shape index (κ3) is 4.71. The molecule has 92 valence electrons. The first-order valence-electron chi connectivity index (χ1n) is 5.82. The monoisotopic (exact) mass is 243 g/mol. The topological polar surface area (TPSA) is 62.1 Å². The molecule has 0 aliphatic heterocycles. The van der Waals surface area contributed by atoms with Crippen LogP contribution in [0.15, 0.2) is 0 Å². The smallest absolute Gasteiger partial charge is 0.138 e. The van der Waals surface area contributed by atoms with Gasteiger partial charge in [-0.3, -0.25) is 0 Å². The van der Waals surface area contributed by atoms with E-state index < -0.39 is 11.4 Å². The Morgan fingerprint density at radius 2 is 2.25 bits per heavy atom. The highest BCUT2D eigenvalue weighted by molar-refractivity contribution is 7.89. The lowest BCUT2D eigenvalue weighted by atomic mass is 9.87. The SMILES string of the molecule is CN(C)[S+]([O-])CCNC1CCC[C@@H](C#N)C1. The van der Waals surface area contributed by atoms with Crippen molar-refractivity contribution < 1.29 is 4.55 Å². The van der Waals surface area contributed by atoms with Crippen molar-refractivity contribution in [2.24, 2.45) is 5.92 Å². The Bertz CT molecular complexity index is 242. The van der Waals surface area contributed by atoms with Gasteiger partial charge in [0, 0.05) is 44.0 Å². The van der Waals surface area contributed by atoms with E-state index in [1.807, 2.05) is 14.1 Å². The largest absolute Gasteiger partial charge is 0.598 e. The van der Waals surface area contributed by atoms with E-state index in [4.69, 9.17) is 5.26 Å². The number of hydrogen-bond donors (Lipinski definition) is 1. The van der Waals surface area contributed by atoms with Gasteiger partial charge in [0.25, 0.3) is 0 Å². The lowest BCUT2D eigenvalue weighted by Gasteiger charge is -2.26. The molecule has 0 bridgehead atoms. The van der Waals surface area contributed by atoms with E-state index in [0.29, 0.717) is 11.8 Å². The molecule has 5 heteroatoms. The molecule has 1 aliphatic rings. The summed E-state index contributed by atoms with van der Waals surface area (Å²) in [6.07, 6.45) is 4.27. The molecule has 2 unspecified atom stereocenters. The Morgan fingerprint density at radius 1 is 1.50 bits per heavy atom. The summed E-state index contributed by atoms with van der Waals surface area (Å²) >= 11 is -0.881. The predicted octanol–water partition coefficient (Wildman–Crippen LogP) is 0.884. The van der Waals surface area contributed by atoms with Crippen LogP contribution in [0.25, 0.3) is 0 Å². The van der Waals surface area contributed by atoms with Gasteiger partial charge >= 0.3 is 0 Å². The van der Waals surface area contributed by atoms with Crippen LogP contribution in [-0.4, -0.2) is 41.3 Å². The fourth-order valence-corrected chi connectivity index (χ4v) is 2.68. The highest BCUT2D eigenvalue weighted by Gasteiger charge is 2.21. The van der Waals surface area contributed by atoms with Gasteiger partial charge in [0.2, 0.25) is 0 Å². The second-order valence-corrected chi connectivity index (χ2v) is 6.26. The van der Waals surface area contributed by atoms with Gasteiger partial charge in [-0.05, 0) is 19.3 Å². The molecule has 1 fully saturated rings.